The first kappa shape index (κ1) is 12.9. The van der Waals surface area contributed by atoms with Crippen LogP contribution >= 0.6 is 0 Å². The molecule has 3 aromatic rings. The lowest BCUT2D eigenvalue weighted by atomic mass is 10.1. The average Bonchev–Trinajstić information content (AvgIpc) is 2.75. The molecule has 3 heteroatoms. The van der Waals surface area contributed by atoms with Crippen LogP contribution in [-0.2, 0) is 19.9 Å². The molecule has 1 heterocycles. The molecule has 0 saturated carbocycles. The minimum absolute atomic E-state index is 0.137. The van der Waals surface area contributed by atoms with Crippen molar-refractivity contribution < 1.29 is 4.39 Å². The molecule has 0 N–H and O–H groups in total. The summed E-state index contributed by atoms with van der Waals surface area (Å²) in [4.78, 5) is 4.64. The smallest absolute Gasteiger partial charge is 0.126 e. The third-order valence-electron chi connectivity index (χ3n) is 3.70. The van der Waals surface area contributed by atoms with Gasteiger partial charge in [0.05, 0.1) is 11.0 Å². The van der Waals surface area contributed by atoms with Crippen LogP contribution in [0.15, 0.2) is 42.5 Å². The number of imidazole rings is 1. The standard InChI is InChI=1S/C17H17FN2/c1-12-7-9-15-16(11-12)20(2)17(19-15)10-8-13-5-3-4-6-14(13)18/h3-7,9,11H,8,10H2,1-2H3. The summed E-state index contributed by atoms with van der Waals surface area (Å²) in [6.45, 7) is 2.07. The number of aryl methyl sites for hydroxylation is 4. The van der Waals surface area contributed by atoms with Crippen LogP contribution in [0.25, 0.3) is 11.0 Å². The van der Waals surface area contributed by atoms with Gasteiger partial charge in [-0.3, -0.25) is 0 Å². The van der Waals surface area contributed by atoms with Gasteiger partial charge in [-0.15, -0.1) is 0 Å². The Balaban J connectivity index is 1.88. The Morgan fingerprint density at radius 1 is 1.10 bits per heavy atom. The molecule has 3 rings (SSSR count). The second-order valence-electron chi connectivity index (χ2n) is 5.17. The molecule has 0 aliphatic rings. The van der Waals surface area contributed by atoms with Crippen LogP contribution in [0.4, 0.5) is 4.39 Å². The molecule has 0 amide bonds. The zero-order chi connectivity index (χ0) is 14.1. The SMILES string of the molecule is Cc1ccc2nc(CCc3ccccc3F)n(C)c2c1. The molecule has 2 nitrogen and oxygen atoms in total. The molecule has 20 heavy (non-hydrogen) atoms. The van der Waals surface area contributed by atoms with E-state index in [-0.39, 0.29) is 5.82 Å². The Morgan fingerprint density at radius 2 is 1.90 bits per heavy atom. The van der Waals surface area contributed by atoms with E-state index in [0.717, 1.165) is 28.8 Å². The molecule has 2 aromatic carbocycles. The molecule has 0 aliphatic carbocycles. The maximum atomic E-state index is 13.6. The molecule has 0 aliphatic heterocycles. The number of halogens is 1. The maximum Gasteiger partial charge on any atom is 0.126 e. The Hall–Kier alpha value is -2.16. The fourth-order valence-corrected chi connectivity index (χ4v) is 2.52. The predicted molar refractivity (Wildman–Crippen MR) is 79.3 cm³/mol. The fourth-order valence-electron chi connectivity index (χ4n) is 2.52. The molecule has 0 unspecified atom stereocenters. The summed E-state index contributed by atoms with van der Waals surface area (Å²) in [6, 6.07) is 13.2. The second-order valence-corrected chi connectivity index (χ2v) is 5.17. The number of fused-ring (bicyclic) bond motifs is 1. The Morgan fingerprint density at radius 3 is 2.70 bits per heavy atom. The van der Waals surface area contributed by atoms with Crippen LogP contribution in [0.1, 0.15) is 17.0 Å². The monoisotopic (exact) mass is 268 g/mol. The number of nitrogens with zero attached hydrogens (tertiary/aromatic N) is 2. The lowest BCUT2D eigenvalue weighted by molar-refractivity contribution is 0.606. The van der Waals surface area contributed by atoms with Crippen molar-refractivity contribution in [2.24, 2.45) is 7.05 Å². The van der Waals surface area contributed by atoms with Crippen LogP contribution < -0.4 is 0 Å². The molecule has 1 aromatic heterocycles. The molecule has 0 bridgehead atoms. The predicted octanol–water partition coefficient (Wildman–Crippen LogP) is 3.81. The van der Waals surface area contributed by atoms with E-state index in [2.05, 4.69) is 28.6 Å². The van der Waals surface area contributed by atoms with Crippen LogP contribution in [0.5, 0.6) is 0 Å². The quantitative estimate of drug-likeness (QED) is 0.706. The first-order chi connectivity index (χ1) is 9.65. The fraction of sp³-hybridized carbons (Fsp3) is 0.235. The minimum atomic E-state index is -0.137. The van der Waals surface area contributed by atoms with Gasteiger partial charge in [-0.2, -0.15) is 0 Å². The van der Waals surface area contributed by atoms with Gasteiger partial charge in [-0.1, -0.05) is 24.3 Å². The van der Waals surface area contributed by atoms with Gasteiger partial charge in [0.15, 0.2) is 0 Å². The zero-order valence-corrected chi connectivity index (χ0v) is 11.7. The second kappa shape index (κ2) is 5.08. The van der Waals surface area contributed by atoms with E-state index in [9.17, 15) is 4.39 Å². The highest BCUT2D eigenvalue weighted by molar-refractivity contribution is 5.76. The third kappa shape index (κ3) is 2.31. The summed E-state index contributed by atoms with van der Waals surface area (Å²) >= 11 is 0. The summed E-state index contributed by atoms with van der Waals surface area (Å²) in [5, 5.41) is 0. The molecule has 102 valence electrons. The van der Waals surface area contributed by atoms with E-state index in [1.165, 1.54) is 11.6 Å². The molecule has 0 saturated heterocycles. The third-order valence-corrected chi connectivity index (χ3v) is 3.70. The van der Waals surface area contributed by atoms with E-state index in [1.54, 1.807) is 6.07 Å². The van der Waals surface area contributed by atoms with E-state index in [1.807, 2.05) is 25.2 Å². The number of hydrogen-bond donors (Lipinski definition) is 0. The number of benzene rings is 2. The van der Waals surface area contributed by atoms with E-state index < -0.39 is 0 Å². The van der Waals surface area contributed by atoms with Crippen molar-refractivity contribution >= 4 is 11.0 Å². The van der Waals surface area contributed by atoms with Crippen LogP contribution in [0, 0.1) is 12.7 Å². The van der Waals surface area contributed by atoms with Crippen molar-refractivity contribution in [2.45, 2.75) is 19.8 Å². The van der Waals surface area contributed by atoms with E-state index in [4.69, 9.17) is 0 Å². The van der Waals surface area contributed by atoms with Gasteiger partial charge in [0.2, 0.25) is 0 Å². The topological polar surface area (TPSA) is 17.8 Å². The van der Waals surface area contributed by atoms with Crippen molar-refractivity contribution in [1.29, 1.82) is 0 Å². The molecular formula is C17H17FN2. The molecule has 0 atom stereocenters. The Bertz CT molecular complexity index is 759. The van der Waals surface area contributed by atoms with Crippen molar-refractivity contribution in [2.75, 3.05) is 0 Å². The summed E-state index contributed by atoms with van der Waals surface area (Å²) in [5.41, 5.74) is 4.10. The van der Waals surface area contributed by atoms with Crippen LogP contribution in [0.2, 0.25) is 0 Å². The summed E-state index contributed by atoms with van der Waals surface area (Å²) in [6.07, 6.45) is 1.41. The summed E-state index contributed by atoms with van der Waals surface area (Å²) < 4.78 is 15.7. The van der Waals surface area contributed by atoms with Crippen molar-refractivity contribution in [3.8, 4) is 0 Å². The van der Waals surface area contributed by atoms with E-state index in [0.29, 0.717) is 6.42 Å². The van der Waals surface area contributed by atoms with Gasteiger partial charge in [0.1, 0.15) is 11.6 Å². The average molecular weight is 268 g/mol. The molecule has 0 radical (unpaired) electrons. The lowest BCUT2D eigenvalue weighted by Crippen LogP contribution is -2.01. The highest BCUT2D eigenvalue weighted by Gasteiger charge is 2.09. The van der Waals surface area contributed by atoms with Crippen LogP contribution in [0.3, 0.4) is 0 Å². The van der Waals surface area contributed by atoms with Crippen molar-refractivity contribution in [1.82, 2.24) is 9.55 Å². The first-order valence-corrected chi connectivity index (χ1v) is 6.80. The van der Waals surface area contributed by atoms with Crippen LogP contribution in [-0.4, -0.2) is 9.55 Å². The molecular weight excluding hydrogens is 251 g/mol. The van der Waals surface area contributed by atoms with Crippen molar-refractivity contribution in [3.63, 3.8) is 0 Å². The number of hydrogen-bond acceptors (Lipinski definition) is 1. The highest BCUT2D eigenvalue weighted by Crippen LogP contribution is 2.18. The Labute approximate surface area is 117 Å². The van der Waals surface area contributed by atoms with Gasteiger partial charge in [0.25, 0.3) is 0 Å². The van der Waals surface area contributed by atoms with Gasteiger partial charge < -0.3 is 4.57 Å². The normalized spacial score (nSPS) is 11.2. The summed E-state index contributed by atoms with van der Waals surface area (Å²) in [5.74, 6) is 0.857. The number of rotatable bonds is 3. The minimum Gasteiger partial charge on any atom is -0.331 e. The first-order valence-electron chi connectivity index (χ1n) is 6.80. The number of aromatic nitrogens is 2. The van der Waals surface area contributed by atoms with Gasteiger partial charge in [-0.05, 0) is 42.7 Å². The zero-order valence-electron chi connectivity index (χ0n) is 11.7. The Kier molecular flexibility index (Phi) is 3.26. The van der Waals surface area contributed by atoms with Crippen molar-refractivity contribution in [3.05, 3.63) is 65.2 Å². The molecule has 0 fully saturated rings. The largest absolute Gasteiger partial charge is 0.331 e. The lowest BCUT2D eigenvalue weighted by Gasteiger charge is -2.04. The summed E-state index contributed by atoms with van der Waals surface area (Å²) in [7, 11) is 2.02. The van der Waals surface area contributed by atoms with Gasteiger partial charge in [0, 0.05) is 13.5 Å². The molecule has 0 spiro atoms. The van der Waals surface area contributed by atoms with Gasteiger partial charge in [-0.25, -0.2) is 9.37 Å². The maximum absolute atomic E-state index is 13.6. The van der Waals surface area contributed by atoms with Gasteiger partial charge >= 0.3 is 0 Å². The van der Waals surface area contributed by atoms with E-state index >= 15 is 0 Å². The highest BCUT2D eigenvalue weighted by atomic mass is 19.1.